The second kappa shape index (κ2) is 8.61. The minimum Gasteiger partial charge on any atom is -0.280 e. The van der Waals surface area contributed by atoms with Crippen LogP contribution in [-0.2, 0) is 12.8 Å². The van der Waals surface area contributed by atoms with E-state index >= 15 is 0 Å². The molecule has 0 amide bonds. The quantitative estimate of drug-likeness (QED) is 0.241. The van der Waals surface area contributed by atoms with Gasteiger partial charge in [0, 0.05) is 37.7 Å². The van der Waals surface area contributed by atoms with E-state index in [9.17, 15) is 0 Å². The van der Waals surface area contributed by atoms with Gasteiger partial charge in [0.05, 0.1) is 10.2 Å². The summed E-state index contributed by atoms with van der Waals surface area (Å²) in [5, 5.41) is 3.95. The second-order valence-corrected chi connectivity index (χ2v) is 11.0. The zero-order valence-corrected chi connectivity index (χ0v) is 21.6. The number of aryl methyl sites for hydroxylation is 1. The van der Waals surface area contributed by atoms with Crippen LogP contribution in [0, 0.1) is 0 Å². The SMILES string of the molecule is c1ccc(-c2nc(-c3ccccc3)nc(-n3c4c(c5ccc6c7ccccc7sc6c53)CCCC4)n2)cc1. The molecule has 0 bridgehead atoms. The number of rotatable bonds is 3. The number of hydrogen-bond donors (Lipinski definition) is 0. The van der Waals surface area contributed by atoms with E-state index in [1.807, 2.05) is 47.7 Å². The Morgan fingerprint density at radius 1 is 0.579 bits per heavy atom. The summed E-state index contributed by atoms with van der Waals surface area (Å²) in [6, 6.07) is 33.8. The molecular weight excluding hydrogens is 484 g/mol. The van der Waals surface area contributed by atoms with Crippen LogP contribution in [0.25, 0.3) is 59.8 Å². The van der Waals surface area contributed by atoms with Crippen molar-refractivity contribution in [2.24, 2.45) is 0 Å². The van der Waals surface area contributed by atoms with Crippen LogP contribution in [0.4, 0.5) is 0 Å². The van der Waals surface area contributed by atoms with Crippen molar-refractivity contribution in [1.29, 1.82) is 0 Å². The third-order valence-corrected chi connectivity index (χ3v) is 8.86. The first-order valence-electron chi connectivity index (χ1n) is 13.2. The molecule has 1 aliphatic rings. The van der Waals surface area contributed by atoms with Crippen LogP contribution < -0.4 is 0 Å². The van der Waals surface area contributed by atoms with Crippen molar-refractivity contribution in [3.05, 3.63) is 108 Å². The highest BCUT2D eigenvalue weighted by atomic mass is 32.1. The van der Waals surface area contributed by atoms with E-state index in [4.69, 9.17) is 15.0 Å². The Bertz CT molecular complexity index is 1910. The van der Waals surface area contributed by atoms with Gasteiger partial charge >= 0.3 is 0 Å². The van der Waals surface area contributed by atoms with Gasteiger partial charge < -0.3 is 0 Å². The molecule has 3 heterocycles. The standard InChI is InChI=1S/C33H24N4S/c1-3-11-21(12-4-1)31-34-32(22-13-5-2-6-14-22)36-33(35-31)37-27-17-9-7-15-23(27)25-19-20-26-24-16-8-10-18-28(24)38-30(26)29(25)37/h1-6,8,10-14,16,18-20H,7,9,15,17H2. The largest absolute Gasteiger partial charge is 0.280 e. The Kier molecular flexibility index (Phi) is 4.92. The molecule has 38 heavy (non-hydrogen) atoms. The zero-order valence-electron chi connectivity index (χ0n) is 20.8. The molecule has 5 heteroatoms. The molecule has 0 aliphatic heterocycles. The summed E-state index contributed by atoms with van der Waals surface area (Å²) in [5.41, 5.74) is 6.02. The average Bonchev–Trinajstić information content (AvgIpc) is 3.54. The van der Waals surface area contributed by atoms with Crippen molar-refractivity contribution in [2.45, 2.75) is 25.7 Å². The normalized spacial score (nSPS) is 13.4. The minimum atomic E-state index is 0.698. The molecule has 7 aromatic rings. The first-order chi connectivity index (χ1) is 18.8. The van der Waals surface area contributed by atoms with Crippen molar-refractivity contribution < 1.29 is 0 Å². The topological polar surface area (TPSA) is 43.6 Å². The first kappa shape index (κ1) is 21.7. The monoisotopic (exact) mass is 508 g/mol. The molecule has 4 aromatic carbocycles. The maximum atomic E-state index is 5.14. The molecule has 0 atom stereocenters. The zero-order chi connectivity index (χ0) is 25.1. The molecule has 0 fully saturated rings. The predicted octanol–water partition coefficient (Wildman–Crippen LogP) is 8.40. The summed E-state index contributed by atoms with van der Waals surface area (Å²) in [7, 11) is 0. The second-order valence-electron chi connectivity index (χ2n) is 9.92. The van der Waals surface area contributed by atoms with Crippen molar-refractivity contribution in [3.8, 4) is 28.7 Å². The van der Waals surface area contributed by atoms with Gasteiger partial charge in [0.1, 0.15) is 0 Å². The van der Waals surface area contributed by atoms with E-state index < -0.39 is 0 Å². The van der Waals surface area contributed by atoms with E-state index in [0.29, 0.717) is 17.6 Å². The average molecular weight is 509 g/mol. The molecule has 1 aliphatic carbocycles. The molecule has 3 aromatic heterocycles. The fourth-order valence-corrected chi connectivity index (χ4v) is 7.16. The molecule has 0 saturated carbocycles. The van der Waals surface area contributed by atoms with Gasteiger partial charge in [0.25, 0.3) is 0 Å². The van der Waals surface area contributed by atoms with Gasteiger partial charge in [-0.15, -0.1) is 11.3 Å². The highest BCUT2D eigenvalue weighted by Gasteiger charge is 2.26. The summed E-state index contributed by atoms with van der Waals surface area (Å²) in [5.74, 6) is 2.10. The van der Waals surface area contributed by atoms with E-state index in [1.54, 1.807) is 0 Å². The Balaban J connectivity index is 1.49. The van der Waals surface area contributed by atoms with Gasteiger partial charge in [-0.2, -0.15) is 9.97 Å². The van der Waals surface area contributed by atoms with Crippen LogP contribution >= 0.6 is 11.3 Å². The smallest absolute Gasteiger partial charge is 0.238 e. The molecule has 0 saturated heterocycles. The van der Waals surface area contributed by atoms with Crippen molar-refractivity contribution in [2.75, 3.05) is 0 Å². The number of benzene rings is 4. The number of fused-ring (bicyclic) bond motifs is 7. The minimum absolute atomic E-state index is 0.698. The van der Waals surface area contributed by atoms with Crippen LogP contribution in [0.5, 0.6) is 0 Å². The van der Waals surface area contributed by atoms with E-state index in [0.717, 1.165) is 24.0 Å². The molecule has 0 unspecified atom stereocenters. The summed E-state index contributed by atoms with van der Waals surface area (Å²) in [4.78, 5) is 15.2. The maximum Gasteiger partial charge on any atom is 0.238 e. The van der Waals surface area contributed by atoms with Crippen LogP contribution in [-0.4, -0.2) is 19.5 Å². The van der Waals surface area contributed by atoms with Gasteiger partial charge in [-0.1, -0.05) is 91.0 Å². The Hall–Kier alpha value is -4.35. The predicted molar refractivity (Wildman–Crippen MR) is 157 cm³/mol. The molecule has 0 N–H and O–H groups in total. The maximum absolute atomic E-state index is 5.14. The van der Waals surface area contributed by atoms with Crippen LogP contribution in [0.15, 0.2) is 97.1 Å². The first-order valence-corrected chi connectivity index (χ1v) is 14.0. The Morgan fingerprint density at radius 2 is 1.21 bits per heavy atom. The lowest BCUT2D eigenvalue weighted by atomic mass is 9.95. The molecule has 4 nitrogen and oxygen atoms in total. The van der Waals surface area contributed by atoms with Gasteiger partial charge in [0.15, 0.2) is 11.6 Å². The Morgan fingerprint density at radius 3 is 1.95 bits per heavy atom. The molecule has 8 rings (SSSR count). The van der Waals surface area contributed by atoms with Gasteiger partial charge in [0.2, 0.25) is 5.95 Å². The summed E-state index contributed by atoms with van der Waals surface area (Å²) >= 11 is 1.87. The number of thiophene rings is 1. The molecule has 182 valence electrons. The molecular formula is C33H24N4S. The third kappa shape index (κ3) is 3.32. The van der Waals surface area contributed by atoms with Crippen LogP contribution in [0.2, 0.25) is 0 Å². The van der Waals surface area contributed by atoms with Gasteiger partial charge in [-0.25, -0.2) is 4.98 Å². The van der Waals surface area contributed by atoms with E-state index in [2.05, 4.69) is 65.2 Å². The lowest BCUT2D eigenvalue weighted by molar-refractivity contribution is 0.661. The van der Waals surface area contributed by atoms with Crippen LogP contribution in [0.1, 0.15) is 24.1 Å². The lowest BCUT2D eigenvalue weighted by Crippen LogP contribution is -2.11. The van der Waals surface area contributed by atoms with E-state index in [1.165, 1.54) is 55.2 Å². The number of aromatic nitrogens is 4. The van der Waals surface area contributed by atoms with Crippen molar-refractivity contribution >= 4 is 42.4 Å². The lowest BCUT2D eigenvalue weighted by Gasteiger charge is -2.16. The van der Waals surface area contributed by atoms with Gasteiger partial charge in [-0.05, 0) is 37.3 Å². The summed E-state index contributed by atoms with van der Waals surface area (Å²) < 4.78 is 4.98. The number of hydrogen-bond acceptors (Lipinski definition) is 4. The summed E-state index contributed by atoms with van der Waals surface area (Å²) in [6.07, 6.45) is 4.53. The molecule has 0 radical (unpaired) electrons. The summed E-state index contributed by atoms with van der Waals surface area (Å²) in [6.45, 7) is 0. The van der Waals surface area contributed by atoms with E-state index in [-0.39, 0.29) is 0 Å². The Labute approximate surface area is 224 Å². The fraction of sp³-hybridized carbons (Fsp3) is 0.121. The third-order valence-electron chi connectivity index (χ3n) is 7.67. The highest BCUT2D eigenvalue weighted by Crippen LogP contribution is 2.43. The van der Waals surface area contributed by atoms with Crippen LogP contribution in [0.3, 0.4) is 0 Å². The highest BCUT2D eigenvalue weighted by molar-refractivity contribution is 7.26. The van der Waals surface area contributed by atoms with Crippen molar-refractivity contribution in [1.82, 2.24) is 19.5 Å². The number of nitrogens with zero attached hydrogens (tertiary/aromatic N) is 4. The van der Waals surface area contributed by atoms with Crippen molar-refractivity contribution in [3.63, 3.8) is 0 Å². The molecule has 0 spiro atoms. The van der Waals surface area contributed by atoms with Gasteiger partial charge in [-0.3, -0.25) is 4.57 Å². The fourth-order valence-electron chi connectivity index (χ4n) is 5.92.